The number of hydrogen-bond donors (Lipinski definition) is 0. The average molecular weight is 486 g/mol. The molecule has 2 aliphatic rings. The topological polar surface area (TPSA) is 53.1 Å². The zero-order valence-electron chi connectivity index (χ0n) is 20.4. The number of carbonyl (C=O) groups is 2. The van der Waals surface area contributed by atoms with Gasteiger partial charge in [-0.15, -0.1) is 0 Å². The van der Waals surface area contributed by atoms with Crippen molar-refractivity contribution in [3.63, 3.8) is 0 Å². The van der Waals surface area contributed by atoms with Gasteiger partial charge in [0.25, 0.3) is 5.91 Å². The molecular weight excluding hydrogens is 457 g/mol. The lowest BCUT2D eigenvalue weighted by Gasteiger charge is -2.42. The second-order valence-electron chi connectivity index (χ2n) is 9.21. The summed E-state index contributed by atoms with van der Waals surface area (Å²) in [5.41, 5.74) is 3.11. The molecule has 0 aromatic heterocycles. The molecule has 3 aromatic carbocycles. The van der Waals surface area contributed by atoms with Crippen LogP contribution in [0, 0.1) is 12.7 Å². The van der Waals surface area contributed by atoms with Gasteiger partial charge in [0.2, 0.25) is 5.91 Å². The molecule has 7 heteroatoms. The Bertz CT molecular complexity index is 1320. The molecule has 0 aliphatic carbocycles. The highest BCUT2D eigenvalue weighted by Crippen LogP contribution is 2.36. The molecule has 0 bridgehead atoms. The predicted octanol–water partition coefficient (Wildman–Crippen LogP) is 4.64. The van der Waals surface area contributed by atoms with E-state index in [2.05, 4.69) is 43.0 Å². The maximum Gasteiger partial charge on any atom is 0.294 e. The number of rotatable bonds is 4. The van der Waals surface area contributed by atoms with Crippen molar-refractivity contribution >= 4 is 29.3 Å². The number of ether oxygens (including phenoxy) is 1. The fourth-order valence-corrected chi connectivity index (χ4v) is 4.69. The van der Waals surface area contributed by atoms with Crippen LogP contribution in [0.1, 0.15) is 18.1 Å². The molecule has 0 N–H and O–H groups in total. The molecule has 5 rings (SSSR count). The van der Waals surface area contributed by atoms with E-state index in [1.807, 2.05) is 0 Å². The van der Waals surface area contributed by atoms with Crippen LogP contribution in [0.4, 0.5) is 15.8 Å². The second-order valence-corrected chi connectivity index (χ2v) is 9.21. The Morgan fingerprint density at radius 1 is 1.03 bits per heavy atom. The van der Waals surface area contributed by atoms with Crippen LogP contribution >= 0.6 is 0 Å². The number of halogens is 1. The Kier molecular flexibility index (Phi) is 6.46. The fraction of sp³-hybridized carbons (Fsp3) is 0.241. The minimum Gasteiger partial charge on any atom is -0.449 e. The van der Waals surface area contributed by atoms with E-state index in [4.69, 9.17) is 4.74 Å². The molecule has 2 amide bonds. The molecule has 36 heavy (non-hydrogen) atoms. The number of para-hydroxylation sites is 2. The van der Waals surface area contributed by atoms with Gasteiger partial charge in [-0.3, -0.25) is 14.5 Å². The molecule has 0 spiro atoms. The fourth-order valence-electron chi connectivity index (χ4n) is 4.69. The molecule has 2 heterocycles. The highest BCUT2D eigenvalue weighted by atomic mass is 19.1. The second kappa shape index (κ2) is 9.85. The van der Waals surface area contributed by atoms with E-state index >= 15 is 0 Å². The van der Waals surface area contributed by atoms with Gasteiger partial charge in [-0.1, -0.05) is 48.0 Å². The van der Waals surface area contributed by atoms with E-state index in [0.717, 1.165) is 5.69 Å². The van der Waals surface area contributed by atoms with E-state index in [1.165, 1.54) is 22.6 Å². The van der Waals surface area contributed by atoms with Crippen LogP contribution in [0.3, 0.4) is 0 Å². The lowest BCUT2D eigenvalue weighted by molar-refractivity contribution is -0.132. The molecule has 0 radical (unpaired) electrons. The van der Waals surface area contributed by atoms with Crippen molar-refractivity contribution in [1.29, 1.82) is 0 Å². The zero-order chi connectivity index (χ0) is 25.2. The SMILES string of the molecule is Cc1ccc(N2CCN(C(=O)CN3C(=O)/C(=C\c4ccccc4F)Oc4ccccc43)C[C@H]2C)cc1. The van der Waals surface area contributed by atoms with E-state index < -0.39 is 11.7 Å². The molecular formula is C29H28FN3O3. The number of fused-ring (bicyclic) bond motifs is 1. The Morgan fingerprint density at radius 2 is 1.75 bits per heavy atom. The smallest absolute Gasteiger partial charge is 0.294 e. The van der Waals surface area contributed by atoms with Gasteiger partial charge < -0.3 is 14.5 Å². The third-order valence-electron chi connectivity index (χ3n) is 6.66. The van der Waals surface area contributed by atoms with Crippen molar-refractivity contribution in [2.24, 2.45) is 0 Å². The van der Waals surface area contributed by atoms with Crippen molar-refractivity contribution < 1.29 is 18.7 Å². The quantitative estimate of drug-likeness (QED) is 0.506. The summed E-state index contributed by atoms with van der Waals surface area (Å²) in [6, 6.07) is 21.8. The third kappa shape index (κ3) is 4.69. The summed E-state index contributed by atoms with van der Waals surface area (Å²) >= 11 is 0. The third-order valence-corrected chi connectivity index (χ3v) is 6.66. The molecule has 184 valence electrons. The zero-order valence-corrected chi connectivity index (χ0v) is 20.4. The monoisotopic (exact) mass is 485 g/mol. The lowest BCUT2D eigenvalue weighted by Crippen LogP contribution is -2.56. The van der Waals surface area contributed by atoms with Crippen LogP contribution in [0.25, 0.3) is 6.08 Å². The summed E-state index contributed by atoms with van der Waals surface area (Å²) in [4.78, 5) is 32.3. The summed E-state index contributed by atoms with van der Waals surface area (Å²) in [6.45, 7) is 5.88. The Balaban J connectivity index is 1.34. The van der Waals surface area contributed by atoms with Crippen LogP contribution in [0.15, 0.2) is 78.6 Å². The van der Waals surface area contributed by atoms with Gasteiger partial charge in [0.1, 0.15) is 12.4 Å². The Hall–Kier alpha value is -4.13. The van der Waals surface area contributed by atoms with Gasteiger partial charge in [0.05, 0.1) is 5.69 Å². The minimum atomic E-state index is -0.475. The van der Waals surface area contributed by atoms with Gasteiger partial charge in [-0.25, -0.2) is 4.39 Å². The van der Waals surface area contributed by atoms with Crippen molar-refractivity contribution in [2.45, 2.75) is 19.9 Å². The first kappa shape index (κ1) is 23.6. The van der Waals surface area contributed by atoms with Crippen molar-refractivity contribution in [3.8, 4) is 5.75 Å². The highest BCUT2D eigenvalue weighted by molar-refractivity contribution is 6.12. The van der Waals surface area contributed by atoms with E-state index in [1.54, 1.807) is 47.4 Å². The summed E-state index contributed by atoms with van der Waals surface area (Å²) < 4.78 is 20.1. The summed E-state index contributed by atoms with van der Waals surface area (Å²) in [5, 5.41) is 0. The predicted molar refractivity (Wildman–Crippen MR) is 138 cm³/mol. The van der Waals surface area contributed by atoms with Crippen molar-refractivity contribution in [2.75, 3.05) is 36.0 Å². The number of carbonyl (C=O) groups excluding carboxylic acids is 2. The van der Waals surface area contributed by atoms with Gasteiger partial charge in [-0.05, 0) is 50.3 Å². The molecule has 6 nitrogen and oxygen atoms in total. The van der Waals surface area contributed by atoms with Gasteiger partial charge in [0.15, 0.2) is 11.5 Å². The number of aryl methyl sites for hydroxylation is 1. The molecule has 2 aliphatic heterocycles. The van der Waals surface area contributed by atoms with Gasteiger partial charge in [-0.2, -0.15) is 0 Å². The largest absolute Gasteiger partial charge is 0.449 e. The first-order valence-electron chi connectivity index (χ1n) is 12.1. The average Bonchev–Trinajstić information content (AvgIpc) is 2.88. The van der Waals surface area contributed by atoms with Crippen LogP contribution < -0.4 is 14.5 Å². The van der Waals surface area contributed by atoms with Crippen LogP contribution in [0.5, 0.6) is 5.75 Å². The molecule has 1 saturated heterocycles. The van der Waals surface area contributed by atoms with Gasteiger partial charge in [0, 0.05) is 36.9 Å². The van der Waals surface area contributed by atoms with Crippen LogP contribution in [-0.2, 0) is 9.59 Å². The lowest BCUT2D eigenvalue weighted by atomic mass is 10.1. The molecule has 0 unspecified atom stereocenters. The number of piperazine rings is 1. The molecule has 3 aromatic rings. The van der Waals surface area contributed by atoms with E-state index in [-0.39, 0.29) is 29.8 Å². The number of amides is 2. The molecule has 1 fully saturated rings. The summed E-state index contributed by atoms with van der Waals surface area (Å²) in [6.07, 6.45) is 1.38. The maximum atomic E-state index is 14.2. The van der Waals surface area contributed by atoms with Gasteiger partial charge >= 0.3 is 0 Å². The summed E-state index contributed by atoms with van der Waals surface area (Å²) in [7, 11) is 0. The number of anilines is 2. The summed E-state index contributed by atoms with van der Waals surface area (Å²) in [5.74, 6) is -0.644. The van der Waals surface area contributed by atoms with Crippen molar-refractivity contribution in [1.82, 2.24) is 4.90 Å². The normalized spacial score (nSPS) is 18.8. The molecule has 1 atom stereocenters. The van der Waals surface area contributed by atoms with E-state index in [9.17, 15) is 14.0 Å². The number of nitrogens with zero attached hydrogens (tertiary/aromatic N) is 3. The number of hydrogen-bond acceptors (Lipinski definition) is 4. The molecule has 0 saturated carbocycles. The van der Waals surface area contributed by atoms with Crippen molar-refractivity contribution in [3.05, 3.63) is 95.5 Å². The first-order chi connectivity index (χ1) is 17.4. The van der Waals surface area contributed by atoms with Crippen LogP contribution in [-0.4, -0.2) is 48.9 Å². The highest BCUT2D eigenvalue weighted by Gasteiger charge is 2.34. The Morgan fingerprint density at radius 3 is 2.50 bits per heavy atom. The first-order valence-corrected chi connectivity index (χ1v) is 12.1. The number of benzene rings is 3. The minimum absolute atomic E-state index is 0.0239. The van der Waals surface area contributed by atoms with E-state index in [0.29, 0.717) is 31.1 Å². The van der Waals surface area contributed by atoms with Crippen LogP contribution in [0.2, 0.25) is 0 Å². The standard InChI is InChI=1S/C29H28FN3O3/c1-20-11-13-23(14-12-20)32-16-15-31(18-21(32)2)28(34)19-33-25-9-5-6-10-26(25)36-27(29(33)35)17-22-7-3-4-8-24(22)30/h3-14,17,21H,15-16,18-19H2,1-2H3/b27-17+/t21-/m1/s1. The Labute approximate surface area is 210 Å². The maximum absolute atomic E-state index is 14.2.